The van der Waals surface area contributed by atoms with Gasteiger partial charge in [0, 0.05) is 19.0 Å². The molecule has 1 saturated heterocycles. The molecule has 100 valence electrons. The molecule has 3 heteroatoms. The maximum atomic E-state index is 12.4. The van der Waals surface area contributed by atoms with E-state index in [0.717, 1.165) is 51.6 Å². The van der Waals surface area contributed by atoms with Gasteiger partial charge in [-0.05, 0) is 38.8 Å². The van der Waals surface area contributed by atoms with Crippen LogP contribution in [0.25, 0.3) is 0 Å². The van der Waals surface area contributed by atoms with Crippen molar-refractivity contribution in [2.45, 2.75) is 58.4 Å². The number of rotatable bonds is 6. The van der Waals surface area contributed by atoms with Gasteiger partial charge in [-0.25, -0.2) is 0 Å². The van der Waals surface area contributed by atoms with Crippen LogP contribution in [0.4, 0.5) is 0 Å². The normalized spacial score (nSPS) is 17.4. The Morgan fingerprint density at radius 2 is 1.76 bits per heavy atom. The van der Waals surface area contributed by atoms with Gasteiger partial charge in [-0.1, -0.05) is 26.7 Å². The lowest BCUT2D eigenvalue weighted by atomic mass is 9.95. The average Bonchev–Trinajstić information content (AvgIpc) is 2.38. The predicted molar refractivity (Wildman–Crippen MR) is 72.0 cm³/mol. The molecule has 17 heavy (non-hydrogen) atoms. The topological polar surface area (TPSA) is 32.3 Å². The van der Waals surface area contributed by atoms with Crippen LogP contribution >= 0.6 is 0 Å². The molecule has 1 fully saturated rings. The zero-order valence-electron chi connectivity index (χ0n) is 11.7. The Kier molecular flexibility index (Phi) is 6.56. The first-order valence-corrected chi connectivity index (χ1v) is 7.18. The third-order valence-corrected chi connectivity index (χ3v) is 3.83. The molecule has 0 aliphatic carbocycles. The van der Waals surface area contributed by atoms with Gasteiger partial charge in [0.1, 0.15) is 0 Å². The molecule has 1 N–H and O–H groups in total. The molecule has 3 nitrogen and oxygen atoms in total. The summed E-state index contributed by atoms with van der Waals surface area (Å²) >= 11 is 0. The predicted octanol–water partition coefficient (Wildman–Crippen LogP) is 2.41. The van der Waals surface area contributed by atoms with Gasteiger partial charge in [-0.15, -0.1) is 0 Å². The molecule has 1 amide bonds. The second kappa shape index (κ2) is 7.70. The van der Waals surface area contributed by atoms with E-state index in [1.54, 1.807) is 0 Å². The first-order valence-electron chi connectivity index (χ1n) is 7.18. The fourth-order valence-corrected chi connectivity index (χ4v) is 2.75. The van der Waals surface area contributed by atoms with Crippen molar-refractivity contribution in [3.05, 3.63) is 0 Å². The number of hydrogen-bond acceptors (Lipinski definition) is 2. The van der Waals surface area contributed by atoms with Crippen molar-refractivity contribution in [2.24, 2.45) is 5.92 Å². The summed E-state index contributed by atoms with van der Waals surface area (Å²) in [6.45, 7) is 6.43. The maximum Gasteiger partial charge on any atom is 0.225 e. The van der Waals surface area contributed by atoms with E-state index in [2.05, 4.69) is 19.2 Å². The summed E-state index contributed by atoms with van der Waals surface area (Å²) in [6.07, 6.45) is 6.51. The largest absolute Gasteiger partial charge is 0.342 e. The standard InChI is InChI=1S/C14H28N2O/c1-4-6-12(7-5-2)14(17)16(3)13-8-10-15-11-9-13/h12-13,15H,4-11H2,1-3H3. The van der Waals surface area contributed by atoms with Crippen molar-refractivity contribution in [1.29, 1.82) is 0 Å². The molecule has 1 aliphatic heterocycles. The van der Waals surface area contributed by atoms with Gasteiger partial charge in [-0.2, -0.15) is 0 Å². The molecule has 0 aromatic carbocycles. The van der Waals surface area contributed by atoms with E-state index < -0.39 is 0 Å². The Bertz CT molecular complexity index is 218. The Morgan fingerprint density at radius 1 is 1.24 bits per heavy atom. The van der Waals surface area contributed by atoms with E-state index >= 15 is 0 Å². The molecule has 0 spiro atoms. The number of nitrogens with zero attached hydrogens (tertiary/aromatic N) is 1. The summed E-state index contributed by atoms with van der Waals surface area (Å²) in [5.41, 5.74) is 0. The van der Waals surface area contributed by atoms with Crippen LogP contribution in [0.5, 0.6) is 0 Å². The molecule has 0 aromatic rings. The number of hydrogen-bond donors (Lipinski definition) is 1. The quantitative estimate of drug-likeness (QED) is 0.773. The average molecular weight is 240 g/mol. The molecule has 1 aliphatic rings. The van der Waals surface area contributed by atoms with Crippen LogP contribution in [0.2, 0.25) is 0 Å². The number of piperidine rings is 1. The molecule has 0 unspecified atom stereocenters. The number of amides is 1. The highest BCUT2D eigenvalue weighted by Gasteiger charge is 2.26. The first kappa shape index (κ1) is 14.5. The van der Waals surface area contributed by atoms with Crippen molar-refractivity contribution < 1.29 is 4.79 Å². The van der Waals surface area contributed by atoms with Crippen LogP contribution in [0.3, 0.4) is 0 Å². The molecular weight excluding hydrogens is 212 g/mol. The van der Waals surface area contributed by atoms with Crippen molar-refractivity contribution in [2.75, 3.05) is 20.1 Å². The fraction of sp³-hybridized carbons (Fsp3) is 0.929. The Morgan fingerprint density at radius 3 is 2.24 bits per heavy atom. The molecular formula is C14H28N2O. The van der Waals surface area contributed by atoms with E-state index in [1.165, 1.54) is 0 Å². The number of carbonyl (C=O) groups is 1. The molecule has 0 bridgehead atoms. The lowest BCUT2D eigenvalue weighted by molar-refractivity contribution is -0.137. The monoisotopic (exact) mass is 240 g/mol. The third-order valence-electron chi connectivity index (χ3n) is 3.83. The molecule has 0 radical (unpaired) electrons. The summed E-state index contributed by atoms with van der Waals surface area (Å²) in [7, 11) is 2.00. The molecule has 0 aromatic heterocycles. The molecule has 1 heterocycles. The highest BCUT2D eigenvalue weighted by atomic mass is 16.2. The van der Waals surface area contributed by atoms with Gasteiger partial charge in [0.05, 0.1) is 0 Å². The van der Waals surface area contributed by atoms with E-state index in [-0.39, 0.29) is 5.92 Å². The first-order chi connectivity index (χ1) is 8.20. The summed E-state index contributed by atoms with van der Waals surface area (Å²) in [4.78, 5) is 14.5. The van der Waals surface area contributed by atoms with Crippen molar-refractivity contribution in [3.8, 4) is 0 Å². The lowest BCUT2D eigenvalue weighted by Gasteiger charge is -2.34. The minimum absolute atomic E-state index is 0.255. The maximum absolute atomic E-state index is 12.4. The SMILES string of the molecule is CCCC(CCC)C(=O)N(C)C1CCNCC1. The van der Waals surface area contributed by atoms with E-state index in [9.17, 15) is 4.79 Å². The van der Waals surface area contributed by atoms with Gasteiger partial charge in [0.25, 0.3) is 0 Å². The highest BCUT2D eigenvalue weighted by Crippen LogP contribution is 2.19. The minimum atomic E-state index is 0.255. The van der Waals surface area contributed by atoms with Crippen molar-refractivity contribution in [1.82, 2.24) is 10.2 Å². The second-order valence-electron chi connectivity index (χ2n) is 5.20. The van der Waals surface area contributed by atoms with Gasteiger partial charge in [0.15, 0.2) is 0 Å². The van der Waals surface area contributed by atoms with Crippen LogP contribution in [0, 0.1) is 5.92 Å². The van der Waals surface area contributed by atoms with Gasteiger partial charge >= 0.3 is 0 Å². The number of carbonyl (C=O) groups excluding carboxylic acids is 1. The van der Waals surface area contributed by atoms with Crippen LogP contribution in [-0.4, -0.2) is 37.0 Å². The summed E-state index contributed by atoms with van der Waals surface area (Å²) in [5.74, 6) is 0.630. The highest BCUT2D eigenvalue weighted by molar-refractivity contribution is 5.78. The molecule has 0 saturated carbocycles. The smallest absolute Gasteiger partial charge is 0.225 e. The van der Waals surface area contributed by atoms with Crippen molar-refractivity contribution >= 4 is 5.91 Å². The Balaban J connectivity index is 2.51. The minimum Gasteiger partial charge on any atom is -0.342 e. The Hall–Kier alpha value is -0.570. The van der Waals surface area contributed by atoms with E-state index in [4.69, 9.17) is 0 Å². The molecule has 0 atom stereocenters. The van der Waals surface area contributed by atoms with Gasteiger partial charge < -0.3 is 10.2 Å². The van der Waals surface area contributed by atoms with Gasteiger partial charge in [-0.3, -0.25) is 4.79 Å². The lowest BCUT2D eigenvalue weighted by Crippen LogP contribution is -2.46. The number of nitrogens with one attached hydrogen (secondary N) is 1. The summed E-state index contributed by atoms with van der Waals surface area (Å²) in [5, 5.41) is 3.35. The van der Waals surface area contributed by atoms with Crippen LogP contribution < -0.4 is 5.32 Å². The summed E-state index contributed by atoms with van der Waals surface area (Å²) < 4.78 is 0. The van der Waals surface area contributed by atoms with Crippen molar-refractivity contribution in [3.63, 3.8) is 0 Å². The van der Waals surface area contributed by atoms with E-state index in [0.29, 0.717) is 11.9 Å². The third kappa shape index (κ3) is 4.30. The second-order valence-corrected chi connectivity index (χ2v) is 5.20. The van der Waals surface area contributed by atoms with Gasteiger partial charge in [0.2, 0.25) is 5.91 Å². The van der Waals surface area contributed by atoms with Crippen LogP contribution in [-0.2, 0) is 4.79 Å². The van der Waals surface area contributed by atoms with E-state index in [1.807, 2.05) is 11.9 Å². The summed E-state index contributed by atoms with van der Waals surface area (Å²) in [6, 6.07) is 0.458. The zero-order valence-corrected chi connectivity index (χ0v) is 11.7. The molecule has 1 rings (SSSR count). The fourth-order valence-electron chi connectivity index (χ4n) is 2.75. The zero-order chi connectivity index (χ0) is 12.7. The van der Waals surface area contributed by atoms with Crippen LogP contribution in [0.1, 0.15) is 52.4 Å². The Labute approximate surface area is 106 Å². The van der Waals surface area contributed by atoms with Crippen LogP contribution in [0.15, 0.2) is 0 Å².